The second-order valence-electron chi connectivity index (χ2n) is 3.89. The summed E-state index contributed by atoms with van der Waals surface area (Å²) in [5, 5.41) is 12.4. The molecule has 0 aliphatic heterocycles. The van der Waals surface area contributed by atoms with E-state index in [4.69, 9.17) is 4.74 Å². The molecule has 0 radical (unpaired) electrons. The highest BCUT2D eigenvalue weighted by molar-refractivity contribution is 5.81. The number of para-hydroxylation sites is 1. The number of rotatable bonds is 6. The number of aliphatic carboxylic acids is 1. The summed E-state index contributed by atoms with van der Waals surface area (Å²) < 4.78 is 5.48. The molecule has 94 valence electrons. The van der Waals surface area contributed by atoms with Gasteiger partial charge in [0.2, 0.25) is 0 Å². The molecule has 1 aromatic carbocycles. The van der Waals surface area contributed by atoms with Crippen LogP contribution in [0.25, 0.3) is 0 Å². The van der Waals surface area contributed by atoms with Gasteiger partial charge in [-0.05, 0) is 26.5 Å². The summed E-state index contributed by atoms with van der Waals surface area (Å²) in [4.78, 5) is 11.5. The number of carboxylic acids is 1. The van der Waals surface area contributed by atoms with Crippen molar-refractivity contribution in [2.75, 3.05) is 13.2 Å². The zero-order valence-corrected chi connectivity index (χ0v) is 10.5. The summed E-state index contributed by atoms with van der Waals surface area (Å²) in [6.07, 6.45) is 0. The molecule has 1 aromatic rings. The molecular weight excluding hydrogens is 218 g/mol. The first-order valence-electron chi connectivity index (χ1n) is 5.77. The van der Waals surface area contributed by atoms with Crippen LogP contribution in [0.2, 0.25) is 0 Å². The number of hydrogen-bond donors (Lipinski definition) is 2. The van der Waals surface area contributed by atoms with Gasteiger partial charge < -0.3 is 9.84 Å². The topological polar surface area (TPSA) is 58.6 Å². The van der Waals surface area contributed by atoms with Gasteiger partial charge in [0.15, 0.2) is 0 Å². The first-order valence-corrected chi connectivity index (χ1v) is 5.77. The van der Waals surface area contributed by atoms with Crippen LogP contribution in [0.1, 0.15) is 26.3 Å². The van der Waals surface area contributed by atoms with Crippen molar-refractivity contribution in [3.05, 3.63) is 29.8 Å². The molecule has 0 saturated carbocycles. The molecule has 4 heteroatoms. The molecule has 0 heterocycles. The van der Waals surface area contributed by atoms with Crippen molar-refractivity contribution in [2.24, 2.45) is 0 Å². The fourth-order valence-electron chi connectivity index (χ4n) is 1.80. The molecule has 0 fully saturated rings. The molecule has 1 atom stereocenters. The average molecular weight is 237 g/mol. The van der Waals surface area contributed by atoms with E-state index in [2.05, 4.69) is 5.32 Å². The van der Waals surface area contributed by atoms with Crippen LogP contribution in [-0.2, 0) is 10.3 Å². The molecule has 0 spiro atoms. The number of likely N-dealkylation sites (N-methyl/N-ethyl adjacent to an activating group) is 1. The predicted octanol–water partition coefficient (Wildman–Crippen LogP) is 1.99. The molecule has 0 aliphatic carbocycles. The van der Waals surface area contributed by atoms with E-state index >= 15 is 0 Å². The summed E-state index contributed by atoms with van der Waals surface area (Å²) in [7, 11) is 0. The molecule has 17 heavy (non-hydrogen) atoms. The van der Waals surface area contributed by atoms with E-state index in [1.165, 1.54) is 0 Å². The summed E-state index contributed by atoms with van der Waals surface area (Å²) >= 11 is 0. The Balaban J connectivity index is 3.22. The number of nitrogens with one attached hydrogen (secondary N) is 1. The lowest BCUT2D eigenvalue weighted by Crippen LogP contribution is -2.46. The molecular formula is C13H19NO3. The van der Waals surface area contributed by atoms with Crippen molar-refractivity contribution in [1.82, 2.24) is 5.32 Å². The minimum Gasteiger partial charge on any atom is -0.494 e. The van der Waals surface area contributed by atoms with Crippen LogP contribution in [0.3, 0.4) is 0 Å². The van der Waals surface area contributed by atoms with E-state index in [9.17, 15) is 9.90 Å². The SMILES string of the molecule is CCNC(C)(C(=O)O)c1ccccc1OCC. The molecule has 4 nitrogen and oxygen atoms in total. The van der Waals surface area contributed by atoms with Crippen LogP contribution in [0, 0.1) is 0 Å². The Kier molecular flexibility index (Phi) is 4.52. The highest BCUT2D eigenvalue weighted by Crippen LogP contribution is 2.30. The summed E-state index contributed by atoms with van der Waals surface area (Å²) in [6, 6.07) is 7.22. The Labute approximate surface area is 102 Å². The first kappa shape index (κ1) is 13.5. The van der Waals surface area contributed by atoms with E-state index < -0.39 is 11.5 Å². The third-order valence-electron chi connectivity index (χ3n) is 2.68. The normalized spacial score (nSPS) is 14.1. The maximum absolute atomic E-state index is 11.5. The molecule has 0 aromatic heterocycles. The van der Waals surface area contributed by atoms with Crippen LogP contribution in [-0.4, -0.2) is 24.2 Å². The average Bonchev–Trinajstić information content (AvgIpc) is 2.30. The van der Waals surface area contributed by atoms with E-state index in [1.807, 2.05) is 26.0 Å². The van der Waals surface area contributed by atoms with Gasteiger partial charge in [-0.2, -0.15) is 0 Å². The summed E-state index contributed by atoms with van der Waals surface area (Å²) in [6.45, 7) is 6.49. The fourth-order valence-corrected chi connectivity index (χ4v) is 1.80. The molecule has 0 amide bonds. The Morgan fingerprint density at radius 3 is 2.59 bits per heavy atom. The van der Waals surface area contributed by atoms with Crippen LogP contribution in [0.5, 0.6) is 5.75 Å². The van der Waals surface area contributed by atoms with Crippen LogP contribution in [0.15, 0.2) is 24.3 Å². The largest absolute Gasteiger partial charge is 0.494 e. The maximum atomic E-state index is 11.5. The van der Waals surface area contributed by atoms with Crippen LogP contribution < -0.4 is 10.1 Å². The molecule has 1 unspecified atom stereocenters. The van der Waals surface area contributed by atoms with Gasteiger partial charge in [-0.15, -0.1) is 0 Å². The van der Waals surface area contributed by atoms with Gasteiger partial charge in [-0.1, -0.05) is 25.1 Å². The lowest BCUT2D eigenvalue weighted by molar-refractivity contribution is -0.144. The molecule has 0 aliphatic rings. The number of hydrogen-bond acceptors (Lipinski definition) is 3. The van der Waals surface area contributed by atoms with Gasteiger partial charge in [0.05, 0.1) is 6.61 Å². The highest BCUT2D eigenvalue weighted by Gasteiger charge is 2.36. The third-order valence-corrected chi connectivity index (χ3v) is 2.68. The van der Waals surface area contributed by atoms with E-state index in [0.717, 1.165) is 0 Å². The number of carbonyl (C=O) groups is 1. The minimum absolute atomic E-state index is 0.513. The molecule has 2 N–H and O–H groups in total. The first-order chi connectivity index (χ1) is 8.06. The van der Waals surface area contributed by atoms with Crippen molar-refractivity contribution >= 4 is 5.97 Å². The predicted molar refractivity (Wildman–Crippen MR) is 66.3 cm³/mol. The maximum Gasteiger partial charge on any atom is 0.328 e. The lowest BCUT2D eigenvalue weighted by atomic mass is 9.91. The van der Waals surface area contributed by atoms with E-state index in [1.54, 1.807) is 19.1 Å². The van der Waals surface area contributed by atoms with Crippen molar-refractivity contribution in [2.45, 2.75) is 26.3 Å². The Bertz CT molecular complexity index is 392. The minimum atomic E-state index is -1.12. The smallest absolute Gasteiger partial charge is 0.328 e. The van der Waals surface area contributed by atoms with Crippen molar-refractivity contribution < 1.29 is 14.6 Å². The van der Waals surface area contributed by atoms with Crippen molar-refractivity contribution in [3.8, 4) is 5.75 Å². The number of carboxylic acid groups (broad SMARTS) is 1. The Morgan fingerprint density at radius 2 is 2.06 bits per heavy atom. The molecule has 0 bridgehead atoms. The van der Waals surface area contributed by atoms with Crippen molar-refractivity contribution in [3.63, 3.8) is 0 Å². The lowest BCUT2D eigenvalue weighted by Gasteiger charge is -2.28. The van der Waals surface area contributed by atoms with Gasteiger partial charge in [0, 0.05) is 5.56 Å². The second-order valence-corrected chi connectivity index (χ2v) is 3.89. The van der Waals surface area contributed by atoms with Gasteiger partial charge in [0.25, 0.3) is 0 Å². The summed E-state index contributed by atoms with van der Waals surface area (Å²) in [5.74, 6) is -0.299. The van der Waals surface area contributed by atoms with Crippen molar-refractivity contribution in [1.29, 1.82) is 0 Å². The summed E-state index contributed by atoms with van der Waals surface area (Å²) in [5.41, 5.74) is -0.475. The fraction of sp³-hybridized carbons (Fsp3) is 0.462. The zero-order chi connectivity index (χ0) is 12.9. The number of ether oxygens (including phenoxy) is 1. The monoisotopic (exact) mass is 237 g/mol. The van der Waals surface area contributed by atoms with Crippen LogP contribution in [0.4, 0.5) is 0 Å². The third kappa shape index (κ3) is 2.77. The number of benzene rings is 1. The highest BCUT2D eigenvalue weighted by atomic mass is 16.5. The quantitative estimate of drug-likeness (QED) is 0.794. The Hall–Kier alpha value is -1.55. The Morgan fingerprint density at radius 1 is 1.41 bits per heavy atom. The van der Waals surface area contributed by atoms with Gasteiger partial charge in [-0.3, -0.25) is 5.32 Å². The van der Waals surface area contributed by atoms with Gasteiger partial charge in [-0.25, -0.2) is 4.79 Å². The van der Waals surface area contributed by atoms with E-state index in [-0.39, 0.29) is 0 Å². The second kappa shape index (κ2) is 5.68. The van der Waals surface area contributed by atoms with E-state index in [0.29, 0.717) is 24.5 Å². The van der Waals surface area contributed by atoms with Gasteiger partial charge >= 0.3 is 5.97 Å². The molecule has 1 rings (SSSR count). The molecule has 0 saturated heterocycles. The zero-order valence-electron chi connectivity index (χ0n) is 10.5. The van der Waals surface area contributed by atoms with Gasteiger partial charge in [0.1, 0.15) is 11.3 Å². The van der Waals surface area contributed by atoms with Crippen LogP contribution >= 0.6 is 0 Å². The standard InChI is InChI=1S/C13H19NO3/c1-4-14-13(3,12(15)16)10-8-6-7-9-11(10)17-5-2/h6-9,14H,4-5H2,1-3H3,(H,15,16).